The summed E-state index contributed by atoms with van der Waals surface area (Å²) in [5.41, 5.74) is -1.78. The van der Waals surface area contributed by atoms with Gasteiger partial charge in [-0.15, -0.1) is 0 Å². The van der Waals surface area contributed by atoms with Crippen molar-refractivity contribution in [3.63, 3.8) is 0 Å². The fourth-order valence-electron chi connectivity index (χ4n) is 5.86. The number of H-pyrrole nitrogens is 1. The van der Waals surface area contributed by atoms with Gasteiger partial charge in [0, 0.05) is 43.6 Å². The van der Waals surface area contributed by atoms with Crippen LogP contribution in [0.4, 0.5) is 22.4 Å². The number of halogens is 4. The Hall–Kier alpha value is -2.89. The van der Waals surface area contributed by atoms with Crippen LogP contribution >= 0.6 is 0 Å². The number of hydrogen-bond donors (Lipinski definition) is 2. The summed E-state index contributed by atoms with van der Waals surface area (Å²) in [6, 6.07) is 2.23. The van der Waals surface area contributed by atoms with Crippen molar-refractivity contribution in [2.75, 3.05) is 32.8 Å². The monoisotopic (exact) mass is 523 g/mol. The van der Waals surface area contributed by atoms with Crippen molar-refractivity contribution in [2.24, 2.45) is 11.3 Å². The first-order valence-corrected chi connectivity index (χ1v) is 12.7. The van der Waals surface area contributed by atoms with E-state index in [1.165, 1.54) is 0 Å². The van der Waals surface area contributed by atoms with Crippen molar-refractivity contribution in [2.45, 2.75) is 56.2 Å². The van der Waals surface area contributed by atoms with Crippen LogP contribution in [0, 0.1) is 17.2 Å². The van der Waals surface area contributed by atoms with Gasteiger partial charge in [-0.1, -0.05) is 0 Å². The number of piperidine rings is 1. The molecular formula is C25H29F4N5O3. The van der Waals surface area contributed by atoms with Crippen LogP contribution in [-0.2, 0) is 11.8 Å². The summed E-state index contributed by atoms with van der Waals surface area (Å²) in [6.07, 6.45) is 0.00829. The molecule has 0 radical (unpaired) electrons. The van der Waals surface area contributed by atoms with E-state index in [1.807, 2.05) is 9.80 Å². The van der Waals surface area contributed by atoms with Crippen LogP contribution in [0.15, 0.2) is 18.2 Å². The normalized spacial score (nSPS) is 23.1. The van der Waals surface area contributed by atoms with E-state index >= 15 is 0 Å². The fourth-order valence-corrected chi connectivity index (χ4v) is 5.86. The quantitative estimate of drug-likeness (QED) is 0.577. The Bertz CT molecular complexity index is 1180. The number of amides is 2. The van der Waals surface area contributed by atoms with Crippen LogP contribution in [0.1, 0.15) is 61.7 Å². The van der Waals surface area contributed by atoms with Gasteiger partial charge in [-0.05, 0) is 56.6 Å². The van der Waals surface area contributed by atoms with Gasteiger partial charge in [-0.3, -0.25) is 5.10 Å². The summed E-state index contributed by atoms with van der Waals surface area (Å²) in [6.45, 7) is 2.73. The maximum atomic E-state index is 13.6. The molecule has 4 fully saturated rings. The van der Waals surface area contributed by atoms with E-state index in [2.05, 4.69) is 15.2 Å². The third-order valence-corrected chi connectivity index (χ3v) is 8.28. The van der Waals surface area contributed by atoms with E-state index in [1.54, 1.807) is 0 Å². The largest absolute Gasteiger partial charge is 0.493 e. The number of aliphatic hydroxyl groups is 1. The molecule has 8 nitrogen and oxygen atoms in total. The maximum absolute atomic E-state index is 13.6. The van der Waals surface area contributed by atoms with Gasteiger partial charge in [0.1, 0.15) is 23.0 Å². The molecule has 1 aromatic heterocycles. The topological polar surface area (TPSA) is 94.6 Å². The summed E-state index contributed by atoms with van der Waals surface area (Å²) in [5, 5.41) is 17.3. The van der Waals surface area contributed by atoms with Crippen molar-refractivity contribution in [1.29, 1.82) is 0 Å². The van der Waals surface area contributed by atoms with Gasteiger partial charge in [0.05, 0.1) is 12.2 Å². The molecule has 4 aliphatic rings. The van der Waals surface area contributed by atoms with E-state index < -0.39 is 23.2 Å². The Morgan fingerprint density at radius 3 is 2.49 bits per heavy atom. The van der Waals surface area contributed by atoms with E-state index in [0.717, 1.165) is 43.9 Å². The molecule has 6 rings (SSSR count). The molecule has 0 unspecified atom stereocenters. The van der Waals surface area contributed by atoms with Crippen molar-refractivity contribution in [1.82, 2.24) is 25.0 Å². The minimum Gasteiger partial charge on any atom is -0.493 e. The minimum atomic E-state index is -4.64. The lowest BCUT2D eigenvalue weighted by molar-refractivity contribution is -0.137. The lowest BCUT2D eigenvalue weighted by Crippen LogP contribution is -2.65. The highest BCUT2D eigenvalue weighted by Crippen LogP contribution is 2.56. The maximum Gasteiger partial charge on any atom is 0.416 e. The van der Waals surface area contributed by atoms with Gasteiger partial charge >= 0.3 is 12.2 Å². The highest BCUT2D eigenvalue weighted by atomic mass is 19.4. The molecule has 2 aliphatic carbocycles. The standard InChI is InChI=1S/C25H29F4N5O3/c26-18-7-17(25(27,28)29)8-19(9-18)37-12-15-1-5-33(6-2-15)22(35)34-13-23(14-34)10-16(11-23)20-30-21(32-31-20)24(36)3-4-24/h7-9,15-16,36H,1-6,10-14H2,(H,30,31,32). The molecule has 200 valence electrons. The van der Waals surface area contributed by atoms with Crippen molar-refractivity contribution < 1.29 is 32.2 Å². The number of alkyl halides is 3. The number of nitrogens with zero attached hydrogens (tertiary/aromatic N) is 4. The van der Waals surface area contributed by atoms with Gasteiger partial charge in [0.15, 0.2) is 5.82 Å². The van der Waals surface area contributed by atoms with E-state index in [4.69, 9.17) is 4.74 Å². The number of likely N-dealkylation sites (tertiary alicyclic amines) is 2. The Labute approximate surface area is 211 Å². The van der Waals surface area contributed by atoms with Gasteiger partial charge in [-0.2, -0.15) is 18.3 Å². The Balaban J connectivity index is 0.932. The van der Waals surface area contributed by atoms with Gasteiger partial charge < -0.3 is 19.6 Å². The first-order valence-electron chi connectivity index (χ1n) is 12.7. The highest BCUT2D eigenvalue weighted by Gasteiger charge is 2.56. The van der Waals surface area contributed by atoms with Crippen LogP contribution in [0.2, 0.25) is 0 Å². The summed E-state index contributed by atoms with van der Waals surface area (Å²) >= 11 is 0. The number of nitrogens with one attached hydrogen (secondary N) is 1. The number of carbonyl (C=O) groups excluding carboxylic acids is 1. The molecule has 1 aromatic carbocycles. The number of carbonyl (C=O) groups is 1. The molecule has 0 atom stereocenters. The number of hydrogen-bond acceptors (Lipinski definition) is 5. The molecule has 2 saturated heterocycles. The SMILES string of the molecule is O=C(N1CCC(COc2cc(F)cc(C(F)(F)F)c2)CC1)N1CC2(CC(c3nc(C4(O)CC4)n[nH]3)C2)C1. The molecule has 2 saturated carbocycles. The van der Waals surface area contributed by atoms with Gasteiger partial charge in [0.25, 0.3) is 0 Å². The van der Waals surface area contributed by atoms with Gasteiger partial charge in [0.2, 0.25) is 0 Å². The zero-order chi connectivity index (χ0) is 26.0. The van der Waals surface area contributed by atoms with Crippen molar-refractivity contribution >= 4 is 6.03 Å². The Kier molecular flexibility index (Phi) is 5.66. The van der Waals surface area contributed by atoms with Crippen LogP contribution in [0.25, 0.3) is 0 Å². The predicted octanol–water partition coefficient (Wildman–Crippen LogP) is 4.03. The highest BCUT2D eigenvalue weighted by molar-refractivity contribution is 5.75. The molecule has 2 amide bonds. The average Bonchev–Trinajstić information content (AvgIpc) is 3.35. The molecule has 0 bridgehead atoms. The van der Waals surface area contributed by atoms with Crippen molar-refractivity contribution in [3.8, 4) is 5.75 Å². The molecule has 2 N–H and O–H groups in total. The van der Waals surface area contributed by atoms with E-state index in [9.17, 15) is 27.5 Å². The Morgan fingerprint density at radius 2 is 1.84 bits per heavy atom. The van der Waals surface area contributed by atoms with E-state index in [0.29, 0.717) is 50.7 Å². The van der Waals surface area contributed by atoms with Crippen LogP contribution in [-0.4, -0.2) is 68.9 Å². The first-order chi connectivity index (χ1) is 17.5. The molecule has 3 heterocycles. The molecule has 1 spiro atoms. The predicted molar refractivity (Wildman–Crippen MR) is 122 cm³/mol. The molecule has 37 heavy (non-hydrogen) atoms. The third kappa shape index (κ3) is 4.75. The summed E-state index contributed by atoms with van der Waals surface area (Å²) in [7, 11) is 0. The summed E-state index contributed by atoms with van der Waals surface area (Å²) < 4.78 is 57.7. The number of urea groups is 1. The summed E-state index contributed by atoms with van der Waals surface area (Å²) in [5.74, 6) is 0.546. The second-order valence-corrected chi connectivity index (χ2v) is 11.2. The van der Waals surface area contributed by atoms with Crippen LogP contribution < -0.4 is 4.74 Å². The molecular weight excluding hydrogens is 494 g/mol. The Morgan fingerprint density at radius 1 is 1.14 bits per heavy atom. The fraction of sp³-hybridized carbons (Fsp3) is 0.640. The van der Waals surface area contributed by atoms with Crippen LogP contribution in [0.3, 0.4) is 0 Å². The summed E-state index contributed by atoms with van der Waals surface area (Å²) in [4.78, 5) is 21.1. The second kappa shape index (κ2) is 8.57. The number of ether oxygens (including phenoxy) is 1. The smallest absolute Gasteiger partial charge is 0.416 e. The van der Waals surface area contributed by atoms with Crippen molar-refractivity contribution in [3.05, 3.63) is 41.2 Å². The lowest BCUT2D eigenvalue weighted by Gasteiger charge is -2.59. The number of aromatic amines is 1. The zero-order valence-electron chi connectivity index (χ0n) is 20.2. The number of rotatable bonds is 5. The first kappa shape index (κ1) is 24.4. The molecule has 2 aliphatic heterocycles. The van der Waals surface area contributed by atoms with E-state index in [-0.39, 0.29) is 35.6 Å². The second-order valence-electron chi connectivity index (χ2n) is 11.2. The zero-order valence-corrected chi connectivity index (χ0v) is 20.2. The molecule has 12 heteroatoms. The third-order valence-electron chi connectivity index (χ3n) is 8.28. The number of aromatic nitrogens is 3. The lowest BCUT2D eigenvalue weighted by atomic mass is 9.57. The van der Waals surface area contributed by atoms with Crippen LogP contribution in [0.5, 0.6) is 5.75 Å². The van der Waals surface area contributed by atoms with Gasteiger partial charge in [-0.25, -0.2) is 14.2 Å². The number of benzene rings is 1. The minimum absolute atomic E-state index is 0.0197. The molecule has 2 aromatic rings. The average molecular weight is 524 g/mol.